The highest BCUT2D eigenvalue weighted by Crippen LogP contribution is 2.48. The number of hydrogen-bond donors (Lipinski definition) is 1. The molecular weight excluding hydrogens is 178 g/mol. The molecule has 1 saturated heterocycles. The largest absolute Gasteiger partial charge is 0.481 e. The molecule has 3 heteroatoms. The lowest BCUT2D eigenvalue weighted by Crippen LogP contribution is -2.44. The van der Waals surface area contributed by atoms with E-state index in [1.54, 1.807) is 0 Å². The second-order valence-electron chi connectivity index (χ2n) is 4.84. The molecule has 0 atom stereocenters. The van der Waals surface area contributed by atoms with E-state index in [1.807, 2.05) is 0 Å². The summed E-state index contributed by atoms with van der Waals surface area (Å²) in [5, 5.41) is 8.58. The van der Waals surface area contributed by atoms with E-state index < -0.39 is 5.97 Å². The van der Waals surface area contributed by atoms with E-state index in [-0.39, 0.29) is 0 Å². The minimum atomic E-state index is -0.672. The lowest BCUT2D eigenvalue weighted by Gasteiger charge is -2.48. The smallest absolute Gasteiger partial charge is 0.304 e. The molecule has 0 amide bonds. The average Bonchev–Trinajstić information content (AvgIpc) is 2.13. The van der Waals surface area contributed by atoms with Crippen LogP contribution in [0.25, 0.3) is 0 Å². The first-order chi connectivity index (χ1) is 6.70. The first kappa shape index (κ1) is 9.97. The van der Waals surface area contributed by atoms with Crippen molar-refractivity contribution < 1.29 is 9.90 Å². The number of carboxylic acids is 1. The molecule has 0 bridgehead atoms. The molecule has 1 saturated carbocycles. The van der Waals surface area contributed by atoms with Crippen molar-refractivity contribution in [3.8, 4) is 0 Å². The molecule has 0 aromatic rings. The fraction of sp³-hybridized carbons (Fsp3) is 0.909. The summed E-state index contributed by atoms with van der Waals surface area (Å²) in [4.78, 5) is 12.7. The summed E-state index contributed by atoms with van der Waals surface area (Å²) in [5.41, 5.74) is 0.680. The standard InChI is InChI=1S/C11H19NO2/c13-10(14)2-7-12-8-5-11(6-9-12)3-1-4-11/h1-9H2,(H,13,14). The zero-order valence-electron chi connectivity index (χ0n) is 8.67. The maximum absolute atomic E-state index is 10.4. The van der Waals surface area contributed by atoms with Crippen LogP contribution in [-0.4, -0.2) is 35.6 Å². The van der Waals surface area contributed by atoms with Gasteiger partial charge in [-0.3, -0.25) is 4.79 Å². The Bertz CT molecular complexity index is 213. The van der Waals surface area contributed by atoms with Crippen molar-refractivity contribution in [3.63, 3.8) is 0 Å². The third kappa shape index (κ3) is 2.08. The third-order valence-corrected chi connectivity index (χ3v) is 3.97. The molecule has 0 aromatic carbocycles. The van der Waals surface area contributed by atoms with Crippen molar-refractivity contribution in [2.75, 3.05) is 19.6 Å². The van der Waals surface area contributed by atoms with Crippen LogP contribution in [0.5, 0.6) is 0 Å². The number of likely N-dealkylation sites (tertiary alicyclic amines) is 1. The SMILES string of the molecule is O=C(O)CCN1CCC2(CCC2)CC1. The maximum atomic E-state index is 10.4. The van der Waals surface area contributed by atoms with Crippen molar-refractivity contribution in [2.45, 2.75) is 38.5 Å². The molecule has 80 valence electrons. The van der Waals surface area contributed by atoms with Crippen molar-refractivity contribution in [3.05, 3.63) is 0 Å². The van der Waals surface area contributed by atoms with Crippen molar-refractivity contribution in [1.82, 2.24) is 4.90 Å². The van der Waals surface area contributed by atoms with Crippen LogP contribution in [0.15, 0.2) is 0 Å². The number of carbonyl (C=O) groups is 1. The Labute approximate surface area is 85.1 Å². The van der Waals surface area contributed by atoms with Gasteiger partial charge in [0.25, 0.3) is 0 Å². The molecule has 1 aliphatic heterocycles. The van der Waals surface area contributed by atoms with E-state index in [1.165, 1.54) is 32.1 Å². The van der Waals surface area contributed by atoms with Crippen LogP contribution in [0, 0.1) is 5.41 Å². The van der Waals surface area contributed by atoms with Gasteiger partial charge in [0.2, 0.25) is 0 Å². The van der Waals surface area contributed by atoms with Crippen LogP contribution < -0.4 is 0 Å². The summed E-state index contributed by atoms with van der Waals surface area (Å²) in [7, 11) is 0. The predicted octanol–water partition coefficient (Wildman–Crippen LogP) is 1.73. The monoisotopic (exact) mass is 197 g/mol. The Kier molecular flexibility index (Phi) is 2.77. The summed E-state index contributed by atoms with van der Waals surface area (Å²) < 4.78 is 0. The maximum Gasteiger partial charge on any atom is 0.304 e. The van der Waals surface area contributed by atoms with Crippen LogP contribution in [0.3, 0.4) is 0 Å². The van der Waals surface area contributed by atoms with Crippen LogP contribution in [0.2, 0.25) is 0 Å². The molecule has 1 N–H and O–H groups in total. The van der Waals surface area contributed by atoms with Crippen molar-refractivity contribution in [1.29, 1.82) is 0 Å². The molecule has 2 aliphatic rings. The number of aliphatic carboxylic acids is 1. The predicted molar refractivity (Wildman–Crippen MR) is 54.2 cm³/mol. The van der Waals surface area contributed by atoms with Crippen LogP contribution in [-0.2, 0) is 4.79 Å². The van der Waals surface area contributed by atoms with Gasteiger partial charge in [-0.25, -0.2) is 0 Å². The van der Waals surface area contributed by atoms with Crippen LogP contribution in [0.1, 0.15) is 38.5 Å². The number of rotatable bonds is 3. The first-order valence-electron chi connectivity index (χ1n) is 5.64. The van der Waals surface area contributed by atoms with Gasteiger partial charge in [-0.1, -0.05) is 6.42 Å². The molecule has 1 aliphatic carbocycles. The molecule has 2 rings (SSSR count). The van der Waals surface area contributed by atoms with E-state index in [2.05, 4.69) is 4.90 Å². The summed E-state index contributed by atoms with van der Waals surface area (Å²) in [5.74, 6) is -0.672. The van der Waals surface area contributed by atoms with Gasteiger partial charge < -0.3 is 10.0 Å². The summed E-state index contributed by atoms with van der Waals surface area (Å²) >= 11 is 0. The Morgan fingerprint density at radius 2 is 1.86 bits per heavy atom. The van der Waals surface area contributed by atoms with E-state index in [4.69, 9.17) is 5.11 Å². The second-order valence-corrected chi connectivity index (χ2v) is 4.84. The summed E-state index contributed by atoms with van der Waals surface area (Å²) in [6, 6.07) is 0. The van der Waals surface area contributed by atoms with Gasteiger partial charge in [-0.2, -0.15) is 0 Å². The summed E-state index contributed by atoms with van der Waals surface area (Å²) in [6.45, 7) is 2.98. The van der Waals surface area contributed by atoms with Gasteiger partial charge in [0.15, 0.2) is 0 Å². The minimum Gasteiger partial charge on any atom is -0.481 e. The van der Waals surface area contributed by atoms with E-state index >= 15 is 0 Å². The highest BCUT2D eigenvalue weighted by atomic mass is 16.4. The van der Waals surface area contributed by atoms with E-state index in [9.17, 15) is 4.79 Å². The average molecular weight is 197 g/mol. The molecule has 0 radical (unpaired) electrons. The Balaban J connectivity index is 1.70. The molecule has 2 fully saturated rings. The lowest BCUT2D eigenvalue weighted by molar-refractivity contribution is -0.137. The van der Waals surface area contributed by atoms with Gasteiger partial charge >= 0.3 is 5.97 Å². The van der Waals surface area contributed by atoms with Crippen LogP contribution >= 0.6 is 0 Å². The highest BCUT2D eigenvalue weighted by Gasteiger charge is 2.39. The van der Waals surface area contributed by atoms with Crippen molar-refractivity contribution >= 4 is 5.97 Å². The fourth-order valence-electron chi connectivity index (χ4n) is 2.68. The fourth-order valence-corrected chi connectivity index (χ4v) is 2.68. The quantitative estimate of drug-likeness (QED) is 0.749. The molecule has 1 spiro atoms. The first-order valence-corrected chi connectivity index (χ1v) is 5.64. The normalized spacial score (nSPS) is 26.0. The topological polar surface area (TPSA) is 40.5 Å². The Morgan fingerprint density at radius 1 is 1.21 bits per heavy atom. The zero-order valence-corrected chi connectivity index (χ0v) is 8.67. The molecule has 0 aromatic heterocycles. The second kappa shape index (κ2) is 3.89. The number of piperidine rings is 1. The van der Waals surface area contributed by atoms with Crippen LogP contribution in [0.4, 0.5) is 0 Å². The van der Waals surface area contributed by atoms with Gasteiger partial charge in [0, 0.05) is 6.54 Å². The van der Waals surface area contributed by atoms with E-state index in [0.29, 0.717) is 11.8 Å². The molecule has 3 nitrogen and oxygen atoms in total. The molecule has 14 heavy (non-hydrogen) atoms. The Morgan fingerprint density at radius 3 is 2.29 bits per heavy atom. The zero-order chi connectivity index (χ0) is 10.0. The minimum absolute atomic E-state index is 0.299. The number of nitrogens with zero attached hydrogens (tertiary/aromatic N) is 1. The van der Waals surface area contributed by atoms with Gasteiger partial charge in [0.05, 0.1) is 6.42 Å². The van der Waals surface area contributed by atoms with Crippen molar-refractivity contribution in [2.24, 2.45) is 5.41 Å². The highest BCUT2D eigenvalue weighted by molar-refractivity contribution is 5.66. The third-order valence-electron chi connectivity index (χ3n) is 3.97. The molecule has 1 heterocycles. The van der Waals surface area contributed by atoms with Gasteiger partial charge in [-0.05, 0) is 44.2 Å². The molecule has 0 unspecified atom stereocenters. The number of hydrogen-bond acceptors (Lipinski definition) is 2. The van der Waals surface area contributed by atoms with E-state index in [0.717, 1.165) is 19.6 Å². The Hall–Kier alpha value is -0.570. The lowest BCUT2D eigenvalue weighted by atomic mass is 9.63. The van der Waals surface area contributed by atoms with Gasteiger partial charge in [-0.15, -0.1) is 0 Å². The summed E-state index contributed by atoms with van der Waals surface area (Å²) in [6.07, 6.45) is 7.14. The number of carboxylic acid groups (broad SMARTS) is 1. The molecular formula is C11H19NO2. The van der Waals surface area contributed by atoms with Gasteiger partial charge in [0.1, 0.15) is 0 Å².